The molecule has 1 unspecified atom stereocenters. The minimum Gasteiger partial charge on any atom is -0.348 e. The standard InChI is InChI=1S/C24H32F3N3O/c1-5-11-30-19(15-7-6-8-17(12-15)24(25,26)27)14-18(29-30)21(31)28-20-13-16-9-10-23(20,4)22(16,2)3/h6-8,12,16,19-20H,5,9-11,13-14H2,1-4H3,(H,28,31)/t16-,19?,20-,23-/m0/s1. The Bertz CT molecular complexity index is 894. The smallest absolute Gasteiger partial charge is 0.348 e. The Morgan fingerprint density at radius 1 is 1.29 bits per heavy atom. The van der Waals surface area contributed by atoms with Crippen molar-refractivity contribution in [1.29, 1.82) is 0 Å². The predicted molar refractivity (Wildman–Crippen MR) is 114 cm³/mol. The zero-order valence-electron chi connectivity index (χ0n) is 18.7. The van der Waals surface area contributed by atoms with Crippen molar-refractivity contribution in [1.82, 2.24) is 10.3 Å². The first-order chi connectivity index (χ1) is 14.5. The lowest BCUT2D eigenvalue weighted by atomic mass is 9.69. The first kappa shape index (κ1) is 22.2. The monoisotopic (exact) mass is 435 g/mol. The van der Waals surface area contributed by atoms with Gasteiger partial charge in [-0.25, -0.2) is 0 Å². The number of carbonyl (C=O) groups excluding carboxylic acids is 1. The molecule has 1 aliphatic heterocycles. The molecule has 1 amide bonds. The fraction of sp³-hybridized carbons (Fsp3) is 0.667. The van der Waals surface area contributed by atoms with Crippen LogP contribution in [-0.2, 0) is 11.0 Å². The number of hydrogen-bond acceptors (Lipinski definition) is 3. The normalized spacial score (nSPS) is 31.8. The quantitative estimate of drug-likeness (QED) is 0.659. The van der Waals surface area contributed by atoms with Gasteiger partial charge in [0.05, 0.1) is 11.6 Å². The maximum atomic E-state index is 13.2. The van der Waals surface area contributed by atoms with Gasteiger partial charge in [0, 0.05) is 19.0 Å². The van der Waals surface area contributed by atoms with Crippen LogP contribution in [0.4, 0.5) is 13.2 Å². The Morgan fingerprint density at radius 3 is 2.61 bits per heavy atom. The van der Waals surface area contributed by atoms with Crippen LogP contribution in [0, 0.1) is 16.7 Å². The van der Waals surface area contributed by atoms with Gasteiger partial charge < -0.3 is 5.32 Å². The maximum Gasteiger partial charge on any atom is 0.416 e. The Kier molecular flexibility index (Phi) is 5.38. The number of benzene rings is 1. The van der Waals surface area contributed by atoms with E-state index in [1.165, 1.54) is 18.6 Å². The van der Waals surface area contributed by atoms with Crippen LogP contribution in [0.2, 0.25) is 0 Å². The van der Waals surface area contributed by atoms with Crippen LogP contribution in [0.25, 0.3) is 0 Å². The third-order valence-corrected chi connectivity index (χ3v) is 8.41. The molecule has 1 N–H and O–H groups in total. The molecule has 4 rings (SSSR count). The topological polar surface area (TPSA) is 44.7 Å². The zero-order chi connectivity index (χ0) is 22.6. The molecule has 2 aliphatic carbocycles. The van der Waals surface area contributed by atoms with Gasteiger partial charge in [-0.1, -0.05) is 39.8 Å². The number of hydrogen-bond donors (Lipinski definition) is 1. The highest BCUT2D eigenvalue weighted by molar-refractivity contribution is 6.39. The lowest BCUT2D eigenvalue weighted by molar-refractivity contribution is -0.137. The fourth-order valence-corrected chi connectivity index (χ4v) is 6.00. The maximum absolute atomic E-state index is 13.2. The van der Waals surface area contributed by atoms with E-state index in [4.69, 9.17) is 0 Å². The molecule has 1 aromatic carbocycles. The van der Waals surface area contributed by atoms with E-state index in [1.54, 1.807) is 11.1 Å². The van der Waals surface area contributed by atoms with Crippen molar-refractivity contribution in [2.75, 3.05) is 6.54 Å². The van der Waals surface area contributed by atoms with E-state index < -0.39 is 11.7 Å². The number of nitrogens with one attached hydrogen (secondary N) is 1. The number of hydrazone groups is 1. The number of fused-ring (bicyclic) bond motifs is 2. The first-order valence-electron chi connectivity index (χ1n) is 11.3. The molecule has 1 heterocycles. The summed E-state index contributed by atoms with van der Waals surface area (Å²) in [4.78, 5) is 13.1. The van der Waals surface area contributed by atoms with Gasteiger partial charge in [0.25, 0.3) is 5.91 Å². The Balaban J connectivity index is 1.51. The highest BCUT2D eigenvalue weighted by Gasteiger charge is 2.61. The average Bonchev–Trinajstić information content (AvgIpc) is 3.27. The molecular formula is C24H32F3N3O. The van der Waals surface area contributed by atoms with E-state index in [2.05, 4.69) is 31.2 Å². The summed E-state index contributed by atoms with van der Waals surface area (Å²) in [5.74, 6) is 0.438. The third kappa shape index (κ3) is 3.64. The van der Waals surface area contributed by atoms with Crippen molar-refractivity contribution in [3.05, 3.63) is 35.4 Å². The molecule has 0 saturated heterocycles. The second kappa shape index (κ2) is 7.52. The lowest BCUT2D eigenvalue weighted by Crippen LogP contribution is -2.48. The van der Waals surface area contributed by atoms with Gasteiger partial charge in [-0.3, -0.25) is 9.80 Å². The number of carbonyl (C=O) groups is 1. The van der Waals surface area contributed by atoms with E-state index in [0.717, 1.165) is 25.3 Å². The summed E-state index contributed by atoms with van der Waals surface area (Å²) in [7, 11) is 0. The van der Waals surface area contributed by atoms with E-state index in [1.807, 2.05) is 6.92 Å². The highest BCUT2D eigenvalue weighted by atomic mass is 19.4. The minimum atomic E-state index is -4.39. The third-order valence-electron chi connectivity index (χ3n) is 8.41. The van der Waals surface area contributed by atoms with Gasteiger partial charge in [-0.15, -0.1) is 0 Å². The van der Waals surface area contributed by atoms with Crippen LogP contribution in [0.15, 0.2) is 29.4 Å². The van der Waals surface area contributed by atoms with Gasteiger partial charge in [0.1, 0.15) is 5.71 Å². The minimum absolute atomic E-state index is 0.0655. The summed E-state index contributed by atoms with van der Waals surface area (Å²) >= 11 is 0. The molecule has 31 heavy (non-hydrogen) atoms. The number of rotatable bonds is 5. The van der Waals surface area contributed by atoms with Crippen LogP contribution < -0.4 is 5.32 Å². The van der Waals surface area contributed by atoms with Crippen molar-refractivity contribution in [2.45, 2.75) is 78.1 Å². The number of alkyl halides is 3. The molecule has 0 spiro atoms. The molecule has 170 valence electrons. The largest absolute Gasteiger partial charge is 0.416 e. The number of nitrogens with zero attached hydrogens (tertiary/aromatic N) is 2. The molecule has 1 aromatic rings. The first-order valence-corrected chi connectivity index (χ1v) is 11.3. The molecule has 4 nitrogen and oxygen atoms in total. The van der Waals surface area contributed by atoms with E-state index >= 15 is 0 Å². The van der Waals surface area contributed by atoms with Gasteiger partial charge in [0.2, 0.25) is 0 Å². The summed E-state index contributed by atoms with van der Waals surface area (Å²) in [6.45, 7) is 9.46. The predicted octanol–water partition coefficient (Wildman–Crippen LogP) is 5.55. The average molecular weight is 436 g/mol. The molecule has 2 saturated carbocycles. The van der Waals surface area contributed by atoms with Crippen LogP contribution in [0.3, 0.4) is 0 Å². The van der Waals surface area contributed by atoms with Crippen molar-refractivity contribution < 1.29 is 18.0 Å². The van der Waals surface area contributed by atoms with E-state index in [0.29, 0.717) is 30.2 Å². The lowest BCUT2D eigenvalue weighted by Gasteiger charge is -2.39. The summed E-state index contributed by atoms with van der Waals surface area (Å²) in [5.41, 5.74) is 0.548. The molecule has 3 aliphatic rings. The van der Waals surface area contributed by atoms with Crippen molar-refractivity contribution in [2.24, 2.45) is 21.8 Å². The zero-order valence-corrected chi connectivity index (χ0v) is 18.7. The van der Waals surface area contributed by atoms with Gasteiger partial charge in [-0.05, 0) is 60.1 Å². The van der Waals surface area contributed by atoms with Crippen molar-refractivity contribution in [3.63, 3.8) is 0 Å². The van der Waals surface area contributed by atoms with E-state index in [9.17, 15) is 18.0 Å². The second-order valence-electron chi connectivity index (χ2n) is 10.2. The molecule has 7 heteroatoms. The fourth-order valence-electron chi connectivity index (χ4n) is 6.00. The number of amides is 1. The molecular weight excluding hydrogens is 403 g/mol. The molecule has 0 radical (unpaired) electrons. The molecule has 0 aromatic heterocycles. The van der Waals surface area contributed by atoms with Crippen molar-refractivity contribution in [3.8, 4) is 0 Å². The van der Waals surface area contributed by atoms with Gasteiger partial charge >= 0.3 is 6.18 Å². The summed E-state index contributed by atoms with van der Waals surface area (Å²) in [5, 5.41) is 9.56. The van der Waals surface area contributed by atoms with Gasteiger partial charge in [0.15, 0.2) is 0 Å². The van der Waals surface area contributed by atoms with Crippen LogP contribution in [-0.4, -0.2) is 29.2 Å². The summed E-state index contributed by atoms with van der Waals surface area (Å²) in [6.07, 6.45) is 0.0248. The Labute approximate surface area is 182 Å². The summed E-state index contributed by atoms with van der Waals surface area (Å²) < 4.78 is 39.6. The van der Waals surface area contributed by atoms with Crippen LogP contribution in [0.5, 0.6) is 0 Å². The second-order valence-corrected chi connectivity index (χ2v) is 10.2. The Hall–Kier alpha value is -2.05. The molecule has 4 atom stereocenters. The highest BCUT2D eigenvalue weighted by Crippen LogP contribution is 2.65. The van der Waals surface area contributed by atoms with Crippen molar-refractivity contribution >= 4 is 11.6 Å². The van der Waals surface area contributed by atoms with Gasteiger partial charge in [-0.2, -0.15) is 18.3 Å². The van der Waals surface area contributed by atoms with Crippen LogP contribution in [0.1, 0.15) is 77.0 Å². The Morgan fingerprint density at radius 2 is 2.03 bits per heavy atom. The number of halogens is 3. The molecule has 2 fully saturated rings. The SMILES string of the molecule is CCCN1N=C(C(=O)N[C@H]2C[C@@H]3CC[C@]2(C)C3(C)C)CC1c1cccc(C(F)(F)F)c1. The summed E-state index contributed by atoms with van der Waals surface area (Å²) in [6, 6.07) is 5.15. The van der Waals surface area contributed by atoms with E-state index in [-0.39, 0.29) is 28.8 Å². The van der Waals surface area contributed by atoms with Crippen LogP contribution >= 0.6 is 0 Å². The molecule has 2 bridgehead atoms.